The lowest BCUT2D eigenvalue weighted by Gasteiger charge is -2.03. The minimum atomic E-state index is -0.396. The zero-order valence-electron chi connectivity index (χ0n) is 14.6. The van der Waals surface area contributed by atoms with Gasteiger partial charge < -0.3 is 10.1 Å². The number of carbonyl (C=O) groups excluding carboxylic acids is 2. The number of hydrogen-bond donors (Lipinski definition) is 1. The lowest BCUT2D eigenvalue weighted by atomic mass is 10.2. The van der Waals surface area contributed by atoms with E-state index >= 15 is 0 Å². The van der Waals surface area contributed by atoms with Gasteiger partial charge in [-0.2, -0.15) is 0 Å². The zero-order chi connectivity index (χ0) is 18.2. The number of thioether (sulfide) groups is 1. The Morgan fingerprint density at radius 2 is 1.96 bits per heavy atom. The second kappa shape index (κ2) is 9.58. The first-order valence-electron chi connectivity index (χ1n) is 8.13. The van der Waals surface area contributed by atoms with Gasteiger partial charge in [-0.25, -0.2) is 9.78 Å². The van der Waals surface area contributed by atoms with Crippen molar-refractivity contribution < 1.29 is 14.3 Å². The van der Waals surface area contributed by atoms with Crippen LogP contribution in [0.3, 0.4) is 0 Å². The summed E-state index contributed by atoms with van der Waals surface area (Å²) in [7, 11) is 0. The number of aryl methyl sites for hydroxylation is 2. The van der Waals surface area contributed by atoms with E-state index in [1.165, 1.54) is 10.5 Å². The van der Waals surface area contributed by atoms with Crippen LogP contribution in [-0.2, 0) is 9.53 Å². The van der Waals surface area contributed by atoms with E-state index < -0.39 is 5.97 Å². The summed E-state index contributed by atoms with van der Waals surface area (Å²) in [6.07, 6.45) is 1.20. The molecule has 1 N–H and O–H groups in total. The first-order valence-corrected chi connectivity index (χ1v) is 9.93. The van der Waals surface area contributed by atoms with E-state index in [0.717, 1.165) is 23.5 Å². The average Bonchev–Trinajstić information content (AvgIpc) is 2.94. The fourth-order valence-electron chi connectivity index (χ4n) is 2.07. The number of thiazole rings is 1. The summed E-state index contributed by atoms with van der Waals surface area (Å²) in [5.74, 6) is 0.391. The Hall–Kier alpha value is -1.86. The van der Waals surface area contributed by atoms with Gasteiger partial charge in [0.25, 0.3) is 0 Å². The van der Waals surface area contributed by atoms with Crippen molar-refractivity contribution >= 4 is 40.1 Å². The molecule has 0 radical (unpaired) electrons. The maximum atomic E-state index is 12.0. The van der Waals surface area contributed by atoms with Gasteiger partial charge in [-0.15, -0.1) is 11.8 Å². The Balaban J connectivity index is 1.75. The Kier molecular flexibility index (Phi) is 7.46. The number of nitrogens with zero attached hydrogens (tertiary/aromatic N) is 1. The number of esters is 1. The molecule has 0 aliphatic rings. The molecule has 0 saturated heterocycles. The van der Waals surface area contributed by atoms with Crippen LogP contribution in [-0.4, -0.2) is 29.2 Å². The molecular weight excluding hydrogens is 356 g/mol. The van der Waals surface area contributed by atoms with Gasteiger partial charge in [0.1, 0.15) is 4.88 Å². The predicted molar refractivity (Wildman–Crippen MR) is 103 cm³/mol. The number of anilines is 1. The van der Waals surface area contributed by atoms with Crippen LogP contribution in [0.25, 0.3) is 0 Å². The third-order valence-electron chi connectivity index (χ3n) is 3.34. The van der Waals surface area contributed by atoms with Gasteiger partial charge in [0.2, 0.25) is 5.91 Å². The molecule has 1 aromatic heterocycles. The third-order valence-corrected chi connectivity index (χ3v) is 5.49. The van der Waals surface area contributed by atoms with E-state index in [-0.39, 0.29) is 5.91 Å². The van der Waals surface area contributed by atoms with Crippen molar-refractivity contribution in [1.29, 1.82) is 0 Å². The van der Waals surface area contributed by atoms with Crippen molar-refractivity contribution in [2.24, 2.45) is 0 Å². The predicted octanol–water partition coefficient (Wildman–Crippen LogP) is 4.45. The van der Waals surface area contributed by atoms with E-state index in [2.05, 4.69) is 41.5 Å². The van der Waals surface area contributed by atoms with Crippen LogP contribution in [0.1, 0.15) is 40.7 Å². The highest BCUT2D eigenvalue weighted by Gasteiger charge is 2.17. The Morgan fingerprint density at radius 1 is 1.24 bits per heavy atom. The van der Waals surface area contributed by atoms with Gasteiger partial charge in [0.05, 0.1) is 12.3 Å². The number of aromatic nitrogens is 1. The Labute approximate surface area is 156 Å². The van der Waals surface area contributed by atoms with Crippen LogP contribution < -0.4 is 5.32 Å². The molecule has 1 aromatic carbocycles. The van der Waals surface area contributed by atoms with Crippen molar-refractivity contribution in [3.05, 3.63) is 40.4 Å². The van der Waals surface area contributed by atoms with Crippen molar-refractivity contribution in [3.8, 4) is 0 Å². The zero-order valence-corrected chi connectivity index (χ0v) is 16.3. The molecule has 0 atom stereocenters. The highest BCUT2D eigenvalue weighted by Crippen LogP contribution is 2.24. The van der Waals surface area contributed by atoms with E-state index in [0.29, 0.717) is 28.7 Å². The quantitative estimate of drug-likeness (QED) is 0.418. The van der Waals surface area contributed by atoms with Gasteiger partial charge in [-0.3, -0.25) is 4.79 Å². The summed E-state index contributed by atoms with van der Waals surface area (Å²) in [6.45, 7) is 5.87. The molecule has 0 aliphatic heterocycles. The summed E-state index contributed by atoms with van der Waals surface area (Å²) < 4.78 is 4.97. The number of rotatable bonds is 8. The second-order valence-electron chi connectivity index (χ2n) is 5.47. The summed E-state index contributed by atoms with van der Waals surface area (Å²) >= 11 is 2.89. The lowest BCUT2D eigenvalue weighted by Crippen LogP contribution is -2.11. The number of benzene rings is 1. The molecule has 2 rings (SSSR count). The average molecular weight is 379 g/mol. The summed E-state index contributed by atoms with van der Waals surface area (Å²) in [4.78, 5) is 29.6. The van der Waals surface area contributed by atoms with E-state index in [4.69, 9.17) is 4.74 Å². The summed E-state index contributed by atoms with van der Waals surface area (Å²) in [6, 6.07) is 8.35. The van der Waals surface area contributed by atoms with E-state index in [1.807, 2.05) is 0 Å². The molecule has 0 fully saturated rings. The minimum Gasteiger partial charge on any atom is -0.462 e. The largest absolute Gasteiger partial charge is 0.462 e. The van der Waals surface area contributed by atoms with Gasteiger partial charge in [0.15, 0.2) is 5.13 Å². The molecular formula is C18H22N2O3S2. The van der Waals surface area contributed by atoms with Crippen LogP contribution >= 0.6 is 23.1 Å². The van der Waals surface area contributed by atoms with Crippen LogP contribution in [0, 0.1) is 13.8 Å². The number of hydrogen-bond acceptors (Lipinski definition) is 6. The lowest BCUT2D eigenvalue weighted by molar-refractivity contribution is -0.116. The number of nitrogens with one attached hydrogen (secondary N) is 1. The Morgan fingerprint density at radius 3 is 2.64 bits per heavy atom. The molecule has 0 spiro atoms. The topological polar surface area (TPSA) is 68.3 Å². The molecule has 25 heavy (non-hydrogen) atoms. The van der Waals surface area contributed by atoms with Crippen LogP contribution in [0.15, 0.2) is 29.2 Å². The monoisotopic (exact) mass is 378 g/mol. The van der Waals surface area contributed by atoms with E-state index in [1.54, 1.807) is 25.6 Å². The smallest absolute Gasteiger partial charge is 0.350 e. The highest BCUT2D eigenvalue weighted by molar-refractivity contribution is 7.99. The maximum Gasteiger partial charge on any atom is 0.350 e. The summed E-state index contributed by atoms with van der Waals surface area (Å²) in [5.41, 5.74) is 1.82. The molecule has 0 saturated carbocycles. The van der Waals surface area contributed by atoms with E-state index in [9.17, 15) is 9.59 Å². The van der Waals surface area contributed by atoms with Crippen LogP contribution in [0.5, 0.6) is 0 Å². The summed E-state index contributed by atoms with van der Waals surface area (Å²) in [5, 5.41) is 3.20. The molecule has 2 aromatic rings. The molecule has 5 nitrogen and oxygen atoms in total. The molecule has 1 amide bonds. The van der Waals surface area contributed by atoms with Gasteiger partial charge >= 0.3 is 5.97 Å². The first-order chi connectivity index (χ1) is 12.0. The Bertz CT molecular complexity index is 726. The molecule has 0 bridgehead atoms. The fourth-order valence-corrected chi connectivity index (χ4v) is 3.80. The molecule has 0 aliphatic carbocycles. The number of amides is 1. The number of ether oxygens (including phenoxy) is 1. The third kappa shape index (κ3) is 6.17. The minimum absolute atomic E-state index is 0.0892. The second-order valence-corrected chi connectivity index (χ2v) is 7.63. The number of carbonyl (C=O) groups is 2. The van der Waals surface area contributed by atoms with Gasteiger partial charge in [-0.1, -0.05) is 29.0 Å². The molecule has 1 heterocycles. The van der Waals surface area contributed by atoms with Crippen molar-refractivity contribution in [1.82, 2.24) is 4.98 Å². The van der Waals surface area contributed by atoms with Crippen molar-refractivity contribution in [3.63, 3.8) is 0 Å². The normalized spacial score (nSPS) is 10.5. The van der Waals surface area contributed by atoms with Crippen LogP contribution in [0.2, 0.25) is 0 Å². The molecule has 134 valence electrons. The van der Waals surface area contributed by atoms with Gasteiger partial charge in [0, 0.05) is 11.3 Å². The van der Waals surface area contributed by atoms with Crippen LogP contribution in [0.4, 0.5) is 5.13 Å². The van der Waals surface area contributed by atoms with Crippen molar-refractivity contribution in [2.75, 3.05) is 17.7 Å². The molecule has 0 unspecified atom stereocenters. The standard InChI is InChI=1S/C18H22N2O3S2/c1-4-23-17(22)16-13(3)19-18(25-16)20-15(21)6-5-11-24-14-9-7-12(2)8-10-14/h7-10H,4-6,11H2,1-3H3,(H,19,20,21). The highest BCUT2D eigenvalue weighted by atomic mass is 32.2. The van der Waals surface area contributed by atoms with Gasteiger partial charge in [-0.05, 0) is 45.1 Å². The maximum absolute atomic E-state index is 12.0. The SMILES string of the molecule is CCOC(=O)c1sc(NC(=O)CCCSc2ccc(C)cc2)nc1C. The fraction of sp³-hybridized carbons (Fsp3) is 0.389. The first kappa shape index (κ1) is 19.5. The van der Waals surface area contributed by atoms with Crippen molar-refractivity contribution in [2.45, 2.75) is 38.5 Å². The molecule has 7 heteroatoms.